The van der Waals surface area contributed by atoms with Gasteiger partial charge in [-0.15, -0.1) is 0 Å². The number of amides is 1. The first-order chi connectivity index (χ1) is 6.59. The average Bonchev–Trinajstić information content (AvgIpc) is 2.14. The van der Waals surface area contributed by atoms with Crippen molar-refractivity contribution in [2.75, 3.05) is 6.54 Å². The molecule has 0 saturated heterocycles. The van der Waals surface area contributed by atoms with Crippen molar-refractivity contribution < 1.29 is 4.79 Å². The molecule has 0 aliphatic heterocycles. The van der Waals surface area contributed by atoms with Crippen LogP contribution in [0.15, 0.2) is 34.1 Å². The van der Waals surface area contributed by atoms with Crippen LogP contribution in [0.4, 0.5) is 0 Å². The minimum Gasteiger partial charge on any atom is -0.346 e. The minimum absolute atomic E-state index is 0.242. The van der Waals surface area contributed by atoms with E-state index in [9.17, 15) is 9.59 Å². The SMILES string of the molecule is C=C(Br)CNC(=O)c1cccc(=O)[nH]1. The maximum Gasteiger partial charge on any atom is 0.268 e. The van der Waals surface area contributed by atoms with Gasteiger partial charge in [-0.25, -0.2) is 0 Å². The molecule has 14 heavy (non-hydrogen) atoms. The van der Waals surface area contributed by atoms with Gasteiger partial charge in [-0.05, 0) is 6.07 Å². The minimum atomic E-state index is -0.330. The van der Waals surface area contributed by atoms with Gasteiger partial charge in [0, 0.05) is 17.1 Å². The summed E-state index contributed by atoms with van der Waals surface area (Å²) in [6.45, 7) is 3.90. The molecule has 0 spiro atoms. The van der Waals surface area contributed by atoms with Crippen molar-refractivity contribution in [2.45, 2.75) is 0 Å². The van der Waals surface area contributed by atoms with Crippen molar-refractivity contribution in [1.29, 1.82) is 0 Å². The Hall–Kier alpha value is -1.36. The Kier molecular flexibility index (Phi) is 3.64. The van der Waals surface area contributed by atoms with Crippen LogP contribution < -0.4 is 10.9 Å². The van der Waals surface area contributed by atoms with Gasteiger partial charge in [0.1, 0.15) is 5.69 Å². The topological polar surface area (TPSA) is 62.0 Å². The summed E-state index contributed by atoms with van der Waals surface area (Å²) in [6.07, 6.45) is 0. The van der Waals surface area contributed by atoms with Crippen molar-refractivity contribution >= 4 is 21.8 Å². The van der Waals surface area contributed by atoms with E-state index in [0.29, 0.717) is 11.0 Å². The summed E-state index contributed by atoms with van der Waals surface area (Å²) >= 11 is 3.11. The molecular formula is C9H9BrN2O2. The zero-order chi connectivity index (χ0) is 10.6. The van der Waals surface area contributed by atoms with Crippen LogP contribution in [-0.4, -0.2) is 17.4 Å². The number of carbonyl (C=O) groups is 1. The molecule has 5 heteroatoms. The molecule has 0 unspecified atom stereocenters. The summed E-state index contributed by atoms with van der Waals surface area (Å²) in [5, 5.41) is 2.57. The fraction of sp³-hybridized carbons (Fsp3) is 0.111. The van der Waals surface area contributed by atoms with Crippen LogP contribution in [0.2, 0.25) is 0 Å². The van der Waals surface area contributed by atoms with E-state index < -0.39 is 0 Å². The first kappa shape index (κ1) is 10.7. The Morgan fingerprint density at radius 2 is 2.29 bits per heavy atom. The molecule has 0 radical (unpaired) electrons. The number of aromatic nitrogens is 1. The quantitative estimate of drug-likeness (QED) is 0.848. The van der Waals surface area contributed by atoms with Gasteiger partial charge in [0.05, 0.1) is 0 Å². The van der Waals surface area contributed by atoms with Crippen LogP contribution in [-0.2, 0) is 0 Å². The van der Waals surface area contributed by atoms with Crippen LogP contribution in [0.25, 0.3) is 0 Å². The number of pyridine rings is 1. The Morgan fingerprint density at radius 3 is 2.86 bits per heavy atom. The van der Waals surface area contributed by atoms with Crippen LogP contribution in [0, 0.1) is 0 Å². The van der Waals surface area contributed by atoms with Crippen molar-refractivity contribution in [3.63, 3.8) is 0 Å². The lowest BCUT2D eigenvalue weighted by Crippen LogP contribution is -2.26. The molecule has 74 valence electrons. The first-order valence-electron chi connectivity index (χ1n) is 3.90. The lowest BCUT2D eigenvalue weighted by atomic mass is 10.3. The van der Waals surface area contributed by atoms with Crippen LogP contribution in [0.3, 0.4) is 0 Å². The van der Waals surface area contributed by atoms with E-state index in [1.54, 1.807) is 0 Å². The molecule has 1 rings (SSSR count). The smallest absolute Gasteiger partial charge is 0.268 e. The molecule has 4 nitrogen and oxygen atoms in total. The Balaban J connectivity index is 2.70. The number of hydrogen-bond acceptors (Lipinski definition) is 2. The average molecular weight is 257 g/mol. The summed E-state index contributed by atoms with van der Waals surface area (Å²) in [5.74, 6) is -0.330. The van der Waals surface area contributed by atoms with E-state index in [1.807, 2.05) is 0 Å². The lowest BCUT2D eigenvalue weighted by molar-refractivity contribution is 0.0952. The van der Waals surface area contributed by atoms with Gasteiger partial charge >= 0.3 is 0 Å². The fourth-order valence-electron chi connectivity index (χ4n) is 0.852. The van der Waals surface area contributed by atoms with Crippen molar-refractivity contribution in [1.82, 2.24) is 10.3 Å². The third-order valence-electron chi connectivity index (χ3n) is 1.45. The zero-order valence-corrected chi connectivity index (χ0v) is 8.93. The Morgan fingerprint density at radius 1 is 1.57 bits per heavy atom. The zero-order valence-electron chi connectivity index (χ0n) is 7.34. The van der Waals surface area contributed by atoms with Gasteiger partial charge in [0.25, 0.3) is 5.91 Å². The predicted molar refractivity (Wildman–Crippen MR) is 57.5 cm³/mol. The Labute approximate surface area is 89.2 Å². The number of H-pyrrole nitrogens is 1. The molecule has 1 aromatic rings. The highest BCUT2D eigenvalue weighted by Crippen LogP contribution is 1.98. The van der Waals surface area contributed by atoms with Crippen LogP contribution >= 0.6 is 15.9 Å². The second-order valence-electron chi connectivity index (χ2n) is 2.63. The molecule has 2 N–H and O–H groups in total. The van der Waals surface area contributed by atoms with E-state index in [2.05, 4.69) is 32.8 Å². The van der Waals surface area contributed by atoms with Gasteiger partial charge in [-0.3, -0.25) is 9.59 Å². The molecule has 1 heterocycles. The van der Waals surface area contributed by atoms with Gasteiger partial charge in [0.15, 0.2) is 0 Å². The molecular weight excluding hydrogens is 248 g/mol. The maximum atomic E-state index is 11.4. The van der Waals surface area contributed by atoms with Crippen LogP contribution in [0.5, 0.6) is 0 Å². The molecule has 0 atom stereocenters. The molecule has 0 aliphatic rings. The van der Waals surface area contributed by atoms with Crippen LogP contribution in [0.1, 0.15) is 10.5 Å². The first-order valence-corrected chi connectivity index (χ1v) is 4.69. The van der Waals surface area contributed by atoms with Crippen molar-refractivity contribution in [3.05, 3.63) is 45.3 Å². The standard InChI is InChI=1S/C9H9BrN2O2/c1-6(10)5-11-9(14)7-3-2-4-8(13)12-7/h2-4H,1,5H2,(H,11,14)(H,12,13). The summed E-state index contributed by atoms with van der Waals surface area (Å²) in [5.41, 5.74) is -0.0541. The van der Waals surface area contributed by atoms with Gasteiger partial charge in [-0.2, -0.15) is 0 Å². The Bertz CT molecular complexity index is 411. The summed E-state index contributed by atoms with van der Waals surface area (Å²) in [7, 11) is 0. The molecule has 0 aromatic carbocycles. The van der Waals surface area contributed by atoms with Crippen molar-refractivity contribution in [2.24, 2.45) is 0 Å². The normalized spacial score (nSPS) is 9.50. The number of halogens is 1. The molecule has 1 aromatic heterocycles. The molecule has 0 saturated carbocycles. The lowest BCUT2D eigenvalue weighted by Gasteiger charge is -2.02. The second-order valence-corrected chi connectivity index (χ2v) is 3.75. The van der Waals surface area contributed by atoms with Gasteiger partial charge in [-0.1, -0.05) is 28.6 Å². The third kappa shape index (κ3) is 3.18. The third-order valence-corrected chi connectivity index (χ3v) is 1.73. The number of hydrogen-bond donors (Lipinski definition) is 2. The summed E-state index contributed by atoms with van der Waals surface area (Å²) in [4.78, 5) is 24.6. The number of aromatic amines is 1. The van der Waals surface area contributed by atoms with E-state index >= 15 is 0 Å². The largest absolute Gasteiger partial charge is 0.346 e. The van der Waals surface area contributed by atoms with Gasteiger partial charge in [0.2, 0.25) is 5.56 Å². The highest BCUT2D eigenvalue weighted by atomic mass is 79.9. The van der Waals surface area contributed by atoms with E-state index in [-0.39, 0.29) is 17.2 Å². The number of rotatable bonds is 3. The van der Waals surface area contributed by atoms with E-state index in [4.69, 9.17) is 0 Å². The molecule has 0 bridgehead atoms. The number of nitrogens with one attached hydrogen (secondary N) is 2. The molecule has 0 aliphatic carbocycles. The summed E-state index contributed by atoms with van der Waals surface area (Å²) < 4.78 is 0.670. The fourth-order valence-corrected chi connectivity index (χ4v) is 0.992. The summed E-state index contributed by atoms with van der Waals surface area (Å²) in [6, 6.07) is 4.41. The second kappa shape index (κ2) is 4.76. The highest BCUT2D eigenvalue weighted by molar-refractivity contribution is 9.11. The van der Waals surface area contributed by atoms with Crippen molar-refractivity contribution in [3.8, 4) is 0 Å². The van der Waals surface area contributed by atoms with E-state index in [0.717, 1.165) is 0 Å². The van der Waals surface area contributed by atoms with E-state index in [1.165, 1.54) is 18.2 Å². The molecule has 0 fully saturated rings. The predicted octanol–water partition coefficient (Wildman–Crippen LogP) is 1.01. The number of carbonyl (C=O) groups excluding carboxylic acids is 1. The van der Waals surface area contributed by atoms with Gasteiger partial charge < -0.3 is 10.3 Å². The monoisotopic (exact) mass is 256 g/mol. The molecule has 1 amide bonds. The maximum absolute atomic E-state index is 11.4. The highest BCUT2D eigenvalue weighted by Gasteiger charge is 2.04.